The van der Waals surface area contributed by atoms with Crippen LogP contribution in [0.1, 0.15) is 13.8 Å². The van der Waals surface area contributed by atoms with Crippen molar-refractivity contribution >= 4 is 23.1 Å². The number of hydrogen-bond acceptors (Lipinski definition) is 3. The Morgan fingerprint density at radius 2 is 2.19 bits per heavy atom. The second kappa shape index (κ2) is 4.17. The van der Waals surface area contributed by atoms with Gasteiger partial charge in [0.2, 0.25) is 0 Å². The molecule has 1 saturated heterocycles. The smallest absolute Gasteiger partial charge is 0.125 e. The molecule has 0 radical (unpaired) electrons. The Bertz CT molecular complexity index is 393. The van der Waals surface area contributed by atoms with Gasteiger partial charge in [-0.25, -0.2) is 4.39 Å². The molecule has 0 aromatic heterocycles. The van der Waals surface area contributed by atoms with Crippen molar-refractivity contribution in [2.24, 2.45) is 0 Å². The number of benzene rings is 1. The van der Waals surface area contributed by atoms with E-state index in [-0.39, 0.29) is 10.6 Å². The molecule has 1 aliphatic heterocycles. The zero-order valence-corrected chi connectivity index (χ0v) is 10.5. The van der Waals surface area contributed by atoms with Crippen LogP contribution in [0, 0.1) is 5.82 Å². The standard InChI is InChI=1S/C12H17FN2S/c1-12(2)8-15(5-6-16-12)11-7-9(13)3-4-10(11)14/h3-4,7H,5-6,8,14H2,1-2H3. The van der Waals surface area contributed by atoms with Crippen LogP contribution in [0.4, 0.5) is 15.8 Å². The van der Waals surface area contributed by atoms with Crippen LogP contribution in [0.15, 0.2) is 18.2 Å². The average molecular weight is 240 g/mol. The highest BCUT2D eigenvalue weighted by Gasteiger charge is 2.28. The van der Waals surface area contributed by atoms with Crippen molar-refractivity contribution in [2.45, 2.75) is 18.6 Å². The molecule has 0 amide bonds. The molecule has 2 N–H and O–H groups in total. The van der Waals surface area contributed by atoms with Gasteiger partial charge >= 0.3 is 0 Å². The van der Waals surface area contributed by atoms with E-state index in [1.165, 1.54) is 12.1 Å². The van der Waals surface area contributed by atoms with Crippen molar-refractivity contribution in [3.05, 3.63) is 24.0 Å². The molecule has 1 heterocycles. The molecule has 0 unspecified atom stereocenters. The first-order valence-corrected chi connectivity index (χ1v) is 6.40. The minimum atomic E-state index is -0.222. The molecule has 0 atom stereocenters. The van der Waals surface area contributed by atoms with Gasteiger partial charge in [-0.1, -0.05) is 0 Å². The lowest BCUT2D eigenvalue weighted by Gasteiger charge is -2.39. The van der Waals surface area contributed by atoms with Crippen LogP contribution in [0.5, 0.6) is 0 Å². The Hall–Kier alpha value is -0.900. The molecule has 0 saturated carbocycles. The predicted octanol–water partition coefficient (Wildman–Crippen LogP) is 2.74. The molecule has 1 aromatic carbocycles. The van der Waals surface area contributed by atoms with Gasteiger partial charge in [0.25, 0.3) is 0 Å². The summed E-state index contributed by atoms with van der Waals surface area (Å²) in [5.74, 6) is 0.836. The Balaban J connectivity index is 2.26. The third-order valence-electron chi connectivity index (χ3n) is 2.76. The maximum absolute atomic E-state index is 13.2. The highest BCUT2D eigenvalue weighted by Crippen LogP contribution is 2.34. The van der Waals surface area contributed by atoms with Gasteiger partial charge in [-0.2, -0.15) is 11.8 Å². The fourth-order valence-corrected chi connectivity index (χ4v) is 3.12. The third-order valence-corrected chi connectivity index (χ3v) is 4.06. The minimum Gasteiger partial charge on any atom is -0.397 e. The largest absolute Gasteiger partial charge is 0.397 e. The highest BCUT2D eigenvalue weighted by atomic mass is 32.2. The van der Waals surface area contributed by atoms with Crippen molar-refractivity contribution in [1.29, 1.82) is 0 Å². The number of hydrogen-bond donors (Lipinski definition) is 1. The summed E-state index contributed by atoms with van der Waals surface area (Å²) in [5.41, 5.74) is 7.38. The summed E-state index contributed by atoms with van der Waals surface area (Å²) in [6.45, 7) is 6.26. The molecular formula is C12H17FN2S. The van der Waals surface area contributed by atoms with Crippen molar-refractivity contribution in [1.82, 2.24) is 0 Å². The second-order valence-corrected chi connectivity index (χ2v) is 6.53. The van der Waals surface area contributed by atoms with Gasteiger partial charge in [0, 0.05) is 23.6 Å². The van der Waals surface area contributed by atoms with Gasteiger partial charge in [-0.05, 0) is 32.0 Å². The zero-order chi connectivity index (χ0) is 11.8. The Kier molecular flexibility index (Phi) is 3.02. The number of rotatable bonds is 1. The van der Waals surface area contributed by atoms with Crippen LogP contribution in [0.2, 0.25) is 0 Å². The molecule has 88 valence electrons. The van der Waals surface area contributed by atoms with Crippen LogP contribution in [0.3, 0.4) is 0 Å². The van der Waals surface area contributed by atoms with Crippen LogP contribution in [-0.4, -0.2) is 23.6 Å². The van der Waals surface area contributed by atoms with E-state index in [1.54, 1.807) is 6.07 Å². The zero-order valence-electron chi connectivity index (χ0n) is 9.66. The highest BCUT2D eigenvalue weighted by molar-refractivity contribution is 8.00. The molecule has 1 fully saturated rings. The lowest BCUT2D eigenvalue weighted by Crippen LogP contribution is -2.43. The van der Waals surface area contributed by atoms with Crippen LogP contribution < -0.4 is 10.6 Å². The summed E-state index contributed by atoms with van der Waals surface area (Å²) < 4.78 is 13.4. The van der Waals surface area contributed by atoms with Crippen LogP contribution >= 0.6 is 11.8 Å². The van der Waals surface area contributed by atoms with Gasteiger partial charge in [0.1, 0.15) is 5.82 Å². The number of nitrogens with zero attached hydrogens (tertiary/aromatic N) is 1. The lowest BCUT2D eigenvalue weighted by atomic mass is 10.1. The first kappa shape index (κ1) is 11.6. The molecule has 2 rings (SSSR count). The monoisotopic (exact) mass is 240 g/mol. The van der Waals surface area contributed by atoms with E-state index in [2.05, 4.69) is 18.7 Å². The van der Waals surface area contributed by atoms with E-state index >= 15 is 0 Å². The van der Waals surface area contributed by atoms with E-state index in [4.69, 9.17) is 5.73 Å². The fourth-order valence-electron chi connectivity index (χ4n) is 2.01. The van der Waals surface area contributed by atoms with E-state index in [0.717, 1.165) is 24.5 Å². The van der Waals surface area contributed by atoms with E-state index in [9.17, 15) is 4.39 Å². The number of nitrogens with two attached hydrogens (primary N) is 1. The lowest BCUT2D eigenvalue weighted by molar-refractivity contribution is 0.620. The molecule has 16 heavy (non-hydrogen) atoms. The van der Waals surface area contributed by atoms with Gasteiger partial charge in [-0.15, -0.1) is 0 Å². The maximum atomic E-state index is 13.2. The molecule has 2 nitrogen and oxygen atoms in total. The third kappa shape index (κ3) is 2.43. The quantitative estimate of drug-likeness (QED) is 0.765. The van der Waals surface area contributed by atoms with Gasteiger partial charge in [0.05, 0.1) is 11.4 Å². The van der Waals surface area contributed by atoms with Crippen molar-refractivity contribution in [3.63, 3.8) is 0 Å². The molecule has 0 spiro atoms. The summed E-state index contributed by atoms with van der Waals surface area (Å²) in [4.78, 5) is 2.18. The number of nitrogen functional groups attached to an aromatic ring is 1. The summed E-state index contributed by atoms with van der Waals surface area (Å²) in [5, 5.41) is 0. The average Bonchev–Trinajstić information content (AvgIpc) is 2.20. The Morgan fingerprint density at radius 1 is 1.44 bits per heavy atom. The van der Waals surface area contributed by atoms with E-state index in [0.29, 0.717) is 5.69 Å². The van der Waals surface area contributed by atoms with Crippen LogP contribution in [-0.2, 0) is 0 Å². The molecule has 1 aliphatic rings. The first-order valence-electron chi connectivity index (χ1n) is 5.42. The van der Waals surface area contributed by atoms with Gasteiger partial charge in [0.15, 0.2) is 0 Å². The predicted molar refractivity (Wildman–Crippen MR) is 69.6 cm³/mol. The van der Waals surface area contributed by atoms with E-state index in [1.807, 2.05) is 11.8 Å². The minimum absolute atomic E-state index is 0.205. The normalized spacial score (nSPS) is 19.8. The summed E-state index contributed by atoms with van der Waals surface area (Å²) in [7, 11) is 0. The number of thioether (sulfide) groups is 1. The van der Waals surface area contributed by atoms with Crippen molar-refractivity contribution < 1.29 is 4.39 Å². The van der Waals surface area contributed by atoms with Crippen LogP contribution in [0.25, 0.3) is 0 Å². The molecule has 1 aromatic rings. The second-order valence-electron chi connectivity index (χ2n) is 4.73. The number of halogens is 1. The molecule has 4 heteroatoms. The molecular weight excluding hydrogens is 223 g/mol. The molecule has 0 bridgehead atoms. The topological polar surface area (TPSA) is 29.3 Å². The van der Waals surface area contributed by atoms with Gasteiger partial charge < -0.3 is 10.6 Å². The fraction of sp³-hybridized carbons (Fsp3) is 0.500. The van der Waals surface area contributed by atoms with E-state index < -0.39 is 0 Å². The van der Waals surface area contributed by atoms with Crippen molar-refractivity contribution in [2.75, 3.05) is 29.5 Å². The van der Waals surface area contributed by atoms with Crippen molar-refractivity contribution in [3.8, 4) is 0 Å². The number of anilines is 2. The Labute approximate surface area is 100 Å². The SMILES string of the molecule is CC1(C)CN(c2cc(F)ccc2N)CCS1. The summed E-state index contributed by atoms with van der Waals surface area (Å²) >= 11 is 1.95. The molecule has 0 aliphatic carbocycles. The Morgan fingerprint density at radius 3 is 2.88 bits per heavy atom. The van der Waals surface area contributed by atoms with Gasteiger partial charge in [-0.3, -0.25) is 0 Å². The summed E-state index contributed by atoms with van der Waals surface area (Å²) in [6, 6.07) is 4.57. The maximum Gasteiger partial charge on any atom is 0.125 e. The summed E-state index contributed by atoms with van der Waals surface area (Å²) in [6.07, 6.45) is 0. The first-order chi connectivity index (χ1) is 7.48.